The van der Waals surface area contributed by atoms with Crippen molar-refractivity contribution < 1.29 is 0 Å². The molecule has 1 aromatic carbocycles. The fourth-order valence-corrected chi connectivity index (χ4v) is 2.86. The Bertz CT molecular complexity index is 851. The molecule has 1 atom stereocenters. The maximum atomic E-state index is 4.71. The highest BCUT2D eigenvalue weighted by atomic mass is 15.2. The Kier molecular flexibility index (Phi) is 5.33. The molecule has 0 aliphatic rings. The van der Waals surface area contributed by atoms with E-state index in [-0.39, 0.29) is 6.04 Å². The second-order valence-electron chi connectivity index (χ2n) is 6.18. The largest absolute Gasteiger partial charge is 0.356 e. The lowest BCUT2D eigenvalue weighted by Crippen LogP contribution is -2.39. The zero-order chi connectivity index (χ0) is 17.6. The first-order chi connectivity index (χ1) is 12.2. The minimum atomic E-state index is 0.199. The Balaban J connectivity index is 1.55. The van der Waals surface area contributed by atoms with Crippen LogP contribution in [0.4, 0.5) is 0 Å². The zero-order valence-electron chi connectivity index (χ0n) is 15.0. The summed E-state index contributed by atoms with van der Waals surface area (Å²) in [5.41, 5.74) is 4.53. The van der Waals surface area contributed by atoms with Gasteiger partial charge in [-0.15, -0.1) is 0 Å². The molecule has 0 bridgehead atoms. The van der Waals surface area contributed by atoms with Crippen LogP contribution >= 0.6 is 0 Å². The molecule has 5 nitrogen and oxygen atoms in total. The molecule has 0 saturated carbocycles. The van der Waals surface area contributed by atoms with Gasteiger partial charge >= 0.3 is 0 Å². The van der Waals surface area contributed by atoms with Gasteiger partial charge in [0.2, 0.25) is 0 Å². The van der Waals surface area contributed by atoms with Crippen LogP contribution in [0, 0.1) is 6.92 Å². The third kappa shape index (κ3) is 4.18. The Morgan fingerprint density at radius 2 is 2.00 bits per heavy atom. The molecule has 0 spiro atoms. The van der Waals surface area contributed by atoms with E-state index in [1.54, 1.807) is 7.05 Å². The molecule has 3 rings (SSSR count). The standard InChI is InChI=1S/C20H25N5/c1-15-8-7-13-25-14-18(24-19(15)25)11-12-22-20(21-3)23-16(2)17-9-5-4-6-10-17/h4-10,13-14,16H,11-12H2,1-3H3,(H2,21,22,23). The fraction of sp³-hybridized carbons (Fsp3) is 0.300. The molecule has 130 valence electrons. The van der Waals surface area contributed by atoms with Crippen molar-refractivity contribution in [2.75, 3.05) is 13.6 Å². The van der Waals surface area contributed by atoms with Gasteiger partial charge in [-0.1, -0.05) is 36.4 Å². The van der Waals surface area contributed by atoms with Crippen LogP contribution in [0.3, 0.4) is 0 Å². The molecule has 1 unspecified atom stereocenters. The number of nitrogens with one attached hydrogen (secondary N) is 2. The van der Waals surface area contributed by atoms with E-state index >= 15 is 0 Å². The molecule has 0 saturated heterocycles. The highest BCUT2D eigenvalue weighted by Crippen LogP contribution is 2.11. The van der Waals surface area contributed by atoms with Crippen molar-refractivity contribution in [1.82, 2.24) is 20.0 Å². The number of hydrogen-bond donors (Lipinski definition) is 2. The SMILES string of the molecule is CN=C(NCCc1cn2cccc(C)c2n1)NC(C)c1ccccc1. The van der Waals surface area contributed by atoms with E-state index in [1.807, 2.05) is 18.3 Å². The third-order valence-electron chi connectivity index (χ3n) is 4.28. The molecule has 0 aliphatic heterocycles. The number of nitrogens with zero attached hydrogens (tertiary/aromatic N) is 3. The molecular formula is C20H25N5. The van der Waals surface area contributed by atoms with Gasteiger partial charge in [0.15, 0.2) is 5.96 Å². The maximum Gasteiger partial charge on any atom is 0.191 e. The van der Waals surface area contributed by atoms with Crippen LogP contribution in [0.15, 0.2) is 59.9 Å². The van der Waals surface area contributed by atoms with Crippen molar-refractivity contribution in [3.8, 4) is 0 Å². The summed E-state index contributed by atoms with van der Waals surface area (Å²) in [7, 11) is 1.79. The Morgan fingerprint density at radius 3 is 2.72 bits per heavy atom. The van der Waals surface area contributed by atoms with Crippen LogP contribution in [0.1, 0.15) is 29.8 Å². The van der Waals surface area contributed by atoms with Crippen molar-refractivity contribution in [3.63, 3.8) is 0 Å². The minimum Gasteiger partial charge on any atom is -0.356 e. The number of aromatic nitrogens is 2. The van der Waals surface area contributed by atoms with Crippen molar-refractivity contribution in [1.29, 1.82) is 0 Å². The van der Waals surface area contributed by atoms with Gasteiger partial charge in [-0.25, -0.2) is 4.98 Å². The number of fused-ring (bicyclic) bond motifs is 1. The van der Waals surface area contributed by atoms with Crippen LogP contribution < -0.4 is 10.6 Å². The van der Waals surface area contributed by atoms with Gasteiger partial charge in [0.05, 0.1) is 11.7 Å². The summed E-state index contributed by atoms with van der Waals surface area (Å²) in [5.74, 6) is 0.802. The quantitative estimate of drug-likeness (QED) is 0.556. The number of guanidine groups is 1. The summed E-state index contributed by atoms with van der Waals surface area (Å²) in [4.78, 5) is 9.02. The van der Waals surface area contributed by atoms with E-state index in [9.17, 15) is 0 Å². The van der Waals surface area contributed by atoms with E-state index in [0.29, 0.717) is 0 Å². The van der Waals surface area contributed by atoms with E-state index < -0.39 is 0 Å². The Morgan fingerprint density at radius 1 is 1.20 bits per heavy atom. The Labute approximate surface area is 148 Å². The van der Waals surface area contributed by atoms with Crippen LogP contribution in [0.2, 0.25) is 0 Å². The second kappa shape index (κ2) is 7.83. The molecule has 0 radical (unpaired) electrons. The van der Waals surface area contributed by atoms with Gasteiger partial charge in [0, 0.05) is 32.4 Å². The summed E-state index contributed by atoms with van der Waals surface area (Å²) in [6.07, 6.45) is 4.97. The first kappa shape index (κ1) is 17.0. The predicted molar refractivity (Wildman–Crippen MR) is 103 cm³/mol. The number of pyridine rings is 1. The molecule has 3 aromatic rings. The summed E-state index contributed by atoms with van der Waals surface area (Å²) >= 11 is 0. The minimum absolute atomic E-state index is 0.199. The molecule has 0 amide bonds. The van der Waals surface area contributed by atoms with Gasteiger partial charge in [0.1, 0.15) is 5.65 Å². The van der Waals surface area contributed by atoms with Crippen molar-refractivity contribution in [2.24, 2.45) is 4.99 Å². The van der Waals surface area contributed by atoms with Gasteiger partial charge < -0.3 is 15.0 Å². The number of imidazole rings is 1. The zero-order valence-corrected chi connectivity index (χ0v) is 15.0. The van der Waals surface area contributed by atoms with Gasteiger partial charge in [-0.05, 0) is 31.0 Å². The average Bonchev–Trinajstić information content (AvgIpc) is 3.06. The predicted octanol–water partition coefficient (Wildman–Crippen LogP) is 3.11. The van der Waals surface area contributed by atoms with Crippen molar-refractivity contribution in [2.45, 2.75) is 26.3 Å². The normalized spacial score (nSPS) is 13.0. The van der Waals surface area contributed by atoms with E-state index in [0.717, 1.165) is 30.3 Å². The summed E-state index contributed by atoms with van der Waals surface area (Å²) in [6, 6.07) is 14.7. The van der Waals surface area contributed by atoms with Crippen LogP contribution in [0.5, 0.6) is 0 Å². The van der Waals surface area contributed by atoms with E-state index in [2.05, 4.69) is 70.4 Å². The molecule has 2 N–H and O–H groups in total. The number of aryl methyl sites for hydroxylation is 1. The van der Waals surface area contributed by atoms with Gasteiger partial charge in [-0.3, -0.25) is 4.99 Å². The third-order valence-corrected chi connectivity index (χ3v) is 4.28. The van der Waals surface area contributed by atoms with Crippen LogP contribution in [0.25, 0.3) is 5.65 Å². The number of benzene rings is 1. The molecule has 0 aliphatic carbocycles. The van der Waals surface area contributed by atoms with Crippen LogP contribution in [-0.4, -0.2) is 28.9 Å². The lowest BCUT2D eigenvalue weighted by molar-refractivity contribution is 0.683. The smallest absolute Gasteiger partial charge is 0.191 e. The topological polar surface area (TPSA) is 53.7 Å². The molecular weight excluding hydrogens is 310 g/mol. The van der Waals surface area contributed by atoms with Crippen molar-refractivity contribution >= 4 is 11.6 Å². The van der Waals surface area contributed by atoms with E-state index in [1.165, 1.54) is 11.1 Å². The van der Waals surface area contributed by atoms with Crippen molar-refractivity contribution in [3.05, 3.63) is 71.7 Å². The van der Waals surface area contributed by atoms with E-state index in [4.69, 9.17) is 4.98 Å². The first-order valence-electron chi connectivity index (χ1n) is 8.62. The Hall–Kier alpha value is -2.82. The summed E-state index contributed by atoms with van der Waals surface area (Å²) in [5, 5.41) is 6.79. The lowest BCUT2D eigenvalue weighted by atomic mass is 10.1. The fourth-order valence-electron chi connectivity index (χ4n) is 2.86. The summed E-state index contributed by atoms with van der Waals surface area (Å²) in [6.45, 7) is 5.00. The average molecular weight is 335 g/mol. The molecule has 2 heterocycles. The number of hydrogen-bond acceptors (Lipinski definition) is 2. The number of aliphatic imine (C=N–C) groups is 1. The molecule has 5 heteroatoms. The monoisotopic (exact) mass is 335 g/mol. The summed E-state index contributed by atoms with van der Waals surface area (Å²) < 4.78 is 2.08. The number of rotatable bonds is 5. The highest BCUT2D eigenvalue weighted by Gasteiger charge is 2.08. The maximum absolute atomic E-state index is 4.71. The molecule has 0 fully saturated rings. The second-order valence-corrected chi connectivity index (χ2v) is 6.18. The van der Waals surface area contributed by atoms with Crippen LogP contribution in [-0.2, 0) is 6.42 Å². The highest BCUT2D eigenvalue weighted by molar-refractivity contribution is 5.80. The first-order valence-corrected chi connectivity index (χ1v) is 8.62. The molecule has 25 heavy (non-hydrogen) atoms. The molecule has 2 aromatic heterocycles. The lowest BCUT2D eigenvalue weighted by Gasteiger charge is -2.18. The van der Waals surface area contributed by atoms with Gasteiger partial charge in [0.25, 0.3) is 0 Å². The van der Waals surface area contributed by atoms with Gasteiger partial charge in [-0.2, -0.15) is 0 Å².